The normalized spacial score (nSPS) is 10.7. The Morgan fingerprint density at radius 1 is 1.12 bits per heavy atom. The van der Waals surface area contributed by atoms with Gasteiger partial charge in [-0.1, -0.05) is 61.2 Å². The standard InChI is InChI=1S/C18H20F2N2OS/c1-2-12-22(13-14-8-4-3-5-9-14)18(23)21-15-10-6-7-11-16(15)24-17(19)20/h3-11,17H,2,12-13H2,1H3,(H,21,23). The van der Waals surface area contributed by atoms with Crippen LogP contribution in [0.15, 0.2) is 59.5 Å². The molecule has 2 amide bonds. The lowest BCUT2D eigenvalue weighted by Crippen LogP contribution is -2.35. The predicted molar refractivity (Wildman–Crippen MR) is 94.5 cm³/mol. The number of hydrogen-bond acceptors (Lipinski definition) is 2. The molecule has 0 saturated carbocycles. The van der Waals surface area contributed by atoms with E-state index in [0.29, 0.717) is 35.4 Å². The summed E-state index contributed by atoms with van der Waals surface area (Å²) < 4.78 is 25.3. The van der Waals surface area contributed by atoms with Crippen molar-refractivity contribution in [1.82, 2.24) is 4.90 Å². The summed E-state index contributed by atoms with van der Waals surface area (Å²) in [5, 5.41) is 2.75. The summed E-state index contributed by atoms with van der Waals surface area (Å²) in [5.74, 6) is -2.53. The largest absolute Gasteiger partial charge is 0.322 e. The molecule has 0 radical (unpaired) electrons. The van der Waals surface area contributed by atoms with Gasteiger partial charge in [0.2, 0.25) is 0 Å². The van der Waals surface area contributed by atoms with Gasteiger partial charge in [-0.3, -0.25) is 0 Å². The highest BCUT2D eigenvalue weighted by Gasteiger charge is 2.16. The van der Waals surface area contributed by atoms with Gasteiger partial charge in [-0.25, -0.2) is 4.79 Å². The summed E-state index contributed by atoms with van der Waals surface area (Å²) in [5.41, 5.74) is 1.43. The minimum Gasteiger partial charge on any atom is -0.320 e. The number of halogens is 2. The average molecular weight is 350 g/mol. The number of amides is 2. The van der Waals surface area contributed by atoms with E-state index < -0.39 is 5.76 Å². The van der Waals surface area contributed by atoms with E-state index in [0.717, 1.165) is 12.0 Å². The van der Waals surface area contributed by atoms with Crippen LogP contribution in [-0.2, 0) is 6.54 Å². The molecule has 2 aromatic carbocycles. The van der Waals surface area contributed by atoms with Gasteiger partial charge >= 0.3 is 6.03 Å². The van der Waals surface area contributed by atoms with E-state index in [1.54, 1.807) is 29.2 Å². The van der Waals surface area contributed by atoms with Gasteiger partial charge in [0, 0.05) is 18.0 Å². The van der Waals surface area contributed by atoms with E-state index in [2.05, 4.69) is 5.32 Å². The average Bonchev–Trinajstić information content (AvgIpc) is 2.57. The molecule has 2 aromatic rings. The summed E-state index contributed by atoms with van der Waals surface area (Å²) in [6.07, 6.45) is 0.813. The number of urea groups is 1. The zero-order valence-electron chi connectivity index (χ0n) is 13.4. The number of para-hydroxylation sites is 1. The SMILES string of the molecule is CCCN(Cc1ccccc1)C(=O)Nc1ccccc1SC(F)F. The number of carbonyl (C=O) groups excluding carboxylic acids is 1. The molecule has 0 bridgehead atoms. The molecule has 0 aliphatic carbocycles. The van der Waals surface area contributed by atoms with Crippen molar-refractivity contribution in [3.05, 3.63) is 60.2 Å². The molecule has 0 aromatic heterocycles. The molecule has 0 aliphatic heterocycles. The number of anilines is 1. The topological polar surface area (TPSA) is 32.3 Å². The number of hydrogen-bond donors (Lipinski definition) is 1. The zero-order valence-corrected chi connectivity index (χ0v) is 14.2. The lowest BCUT2D eigenvalue weighted by atomic mass is 10.2. The maximum atomic E-state index is 12.6. The first-order chi connectivity index (χ1) is 11.6. The minimum absolute atomic E-state index is 0.289. The van der Waals surface area contributed by atoms with E-state index in [1.807, 2.05) is 37.3 Å². The molecule has 1 N–H and O–H groups in total. The third-order valence-corrected chi connectivity index (χ3v) is 4.13. The van der Waals surface area contributed by atoms with Crippen LogP contribution in [0.25, 0.3) is 0 Å². The fraction of sp³-hybridized carbons (Fsp3) is 0.278. The van der Waals surface area contributed by atoms with Gasteiger partial charge in [-0.2, -0.15) is 8.78 Å². The molecule has 0 fully saturated rings. The maximum absolute atomic E-state index is 12.6. The molecule has 0 heterocycles. The molecule has 2 rings (SSSR count). The number of nitrogens with zero attached hydrogens (tertiary/aromatic N) is 1. The Morgan fingerprint density at radius 2 is 1.79 bits per heavy atom. The van der Waals surface area contributed by atoms with Crippen molar-refractivity contribution < 1.29 is 13.6 Å². The fourth-order valence-corrected chi connectivity index (χ4v) is 2.88. The highest BCUT2D eigenvalue weighted by Crippen LogP contribution is 2.31. The number of benzene rings is 2. The molecule has 24 heavy (non-hydrogen) atoms. The smallest absolute Gasteiger partial charge is 0.320 e. The Morgan fingerprint density at radius 3 is 2.46 bits per heavy atom. The van der Waals surface area contributed by atoms with Crippen molar-refractivity contribution in [1.29, 1.82) is 0 Å². The number of alkyl halides is 2. The van der Waals surface area contributed by atoms with Gasteiger partial charge in [-0.05, 0) is 24.1 Å². The van der Waals surface area contributed by atoms with Crippen LogP contribution in [0.2, 0.25) is 0 Å². The highest BCUT2D eigenvalue weighted by molar-refractivity contribution is 7.99. The highest BCUT2D eigenvalue weighted by atomic mass is 32.2. The second kappa shape index (κ2) is 9.27. The van der Waals surface area contributed by atoms with Crippen LogP contribution in [0.5, 0.6) is 0 Å². The van der Waals surface area contributed by atoms with E-state index in [1.165, 1.54) is 0 Å². The van der Waals surface area contributed by atoms with Gasteiger partial charge in [0.05, 0.1) is 5.69 Å². The van der Waals surface area contributed by atoms with Crippen LogP contribution in [0, 0.1) is 0 Å². The lowest BCUT2D eigenvalue weighted by molar-refractivity contribution is 0.209. The lowest BCUT2D eigenvalue weighted by Gasteiger charge is -2.23. The number of nitrogens with one attached hydrogen (secondary N) is 1. The minimum atomic E-state index is -2.53. The summed E-state index contributed by atoms with van der Waals surface area (Å²) in [4.78, 5) is 14.6. The zero-order chi connectivity index (χ0) is 17.4. The van der Waals surface area contributed by atoms with Crippen LogP contribution in [-0.4, -0.2) is 23.2 Å². The van der Waals surface area contributed by atoms with E-state index in [9.17, 15) is 13.6 Å². The summed E-state index contributed by atoms with van der Waals surface area (Å²) in [7, 11) is 0. The van der Waals surface area contributed by atoms with E-state index in [-0.39, 0.29) is 6.03 Å². The molecular formula is C18H20F2N2OS. The predicted octanol–water partition coefficient (Wildman–Crippen LogP) is 5.45. The molecule has 3 nitrogen and oxygen atoms in total. The molecule has 0 unspecified atom stereocenters. The van der Waals surface area contributed by atoms with Crippen molar-refractivity contribution in [2.75, 3.05) is 11.9 Å². The Balaban J connectivity index is 2.10. The van der Waals surface area contributed by atoms with Crippen LogP contribution in [0.3, 0.4) is 0 Å². The Hall–Kier alpha value is -2.08. The van der Waals surface area contributed by atoms with Crippen molar-refractivity contribution in [2.24, 2.45) is 0 Å². The summed E-state index contributed by atoms with van der Waals surface area (Å²) >= 11 is 0.430. The number of thioether (sulfide) groups is 1. The van der Waals surface area contributed by atoms with E-state index >= 15 is 0 Å². The van der Waals surface area contributed by atoms with Crippen LogP contribution < -0.4 is 5.32 Å². The third kappa shape index (κ3) is 5.53. The molecule has 0 saturated heterocycles. The van der Waals surface area contributed by atoms with Crippen molar-refractivity contribution in [2.45, 2.75) is 30.5 Å². The van der Waals surface area contributed by atoms with Crippen molar-refractivity contribution in [3.63, 3.8) is 0 Å². The molecule has 0 atom stereocenters. The monoisotopic (exact) mass is 350 g/mol. The number of rotatable bonds is 7. The second-order valence-electron chi connectivity index (χ2n) is 5.21. The molecule has 6 heteroatoms. The van der Waals surface area contributed by atoms with Gasteiger partial charge in [0.1, 0.15) is 0 Å². The molecule has 0 aliphatic rings. The van der Waals surface area contributed by atoms with Gasteiger partial charge in [0.25, 0.3) is 5.76 Å². The van der Waals surface area contributed by atoms with E-state index in [4.69, 9.17) is 0 Å². The fourth-order valence-electron chi connectivity index (χ4n) is 2.29. The summed E-state index contributed by atoms with van der Waals surface area (Å²) in [6.45, 7) is 3.06. The van der Waals surface area contributed by atoms with Crippen LogP contribution in [0.1, 0.15) is 18.9 Å². The molecular weight excluding hydrogens is 330 g/mol. The summed E-state index contributed by atoms with van der Waals surface area (Å²) in [6, 6.07) is 16.0. The van der Waals surface area contributed by atoms with Crippen molar-refractivity contribution in [3.8, 4) is 0 Å². The maximum Gasteiger partial charge on any atom is 0.322 e. The van der Waals surface area contributed by atoms with Crippen LogP contribution in [0.4, 0.5) is 19.3 Å². The van der Waals surface area contributed by atoms with Gasteiger partial charge < -0.3 is 10.2 Å². The molecule has 0 spiro atoms. The Bertz CT molecular complexity index is 652. The first-order valence-corrected chi connectivity index (χ1v) is 8.61. The van der Waals surface area contributed by atoms with Gasteiger partial charge in [0.15, 0.2) is 0 Å². The number of carbonyl (C=O) groups is 1. The Kier molecular flexibility index (Phi) is 7.06. The molecule has 128 valence electrons. The van der Waals surface area contributed by atoms with Crippen molar-refractivity contribution >= 4 is 23.5 Å². The van der Waals surface area contributed by atoms with Crippen LogP contribution >= 0.6 is 11.8 Å². The second-order valence-corrected chi connectivity index (χ2v) is 6.24. The first kappa shape index (κ1) is 18.3. The quantitative estimate of drug-likeness (QED) is 0.674. The van der Waals surface area contributed by atoms with Gasteiger partial charge in [-0.15, -0.1) is 0 Å². The Labute approximate surface area is 145 Å². The third-order valence-electron chi connectivity index (χ3n) is 3.34. The first-order valence-electron chi connectivity index (χ1n) is 7.74.